The smallest absolute Gasteiger partial charge is 0.176 e. The van der Waals surface area contributed by atoms with Crippen LogP contribution in [0.5, 0.6) is 11.5 Å². The van der Waals surface area contributed by atoms with Gasteiger partial charge in [0.2, 0.25) is 0 Å². The molecule has 0 radical (unpaired) electrons. The lowest BCUT2D eigenvalue weighted by Crippen LogP contribution is -2.32. The molecule has 30 heavy (non-hydrogen) atoms. The van der Waals surface area contributed by atoms with Gasteiger partial charge in [-0.05, 0) is 60.2 Å². The third-order valence-electron chi connectivity index (χ3n) is 4.67. The summed E-state index contributed by atoms with van der Waals surface area (Å²) in [7, 11) is 3.28. The average Bonchev–Trinajstić information content (AvgIpc) is 3.10. The van der Waals surface area contributed by atoms with Gasteiger partial charge in [-0.1, -0.05) is 42.1 Å². The fraction of sp³-hybridized carbons (Fsp3) is 0.125. The summed E-state index contributed by atoms with van der Waals surface area (Å²) in [5, 5.41) is 11.8. The van der Waals surface area contributed by atoms with Gasteiger partial charge in [-0.25, -0.2) is 4.99 Å². The fourth-order valence-corrected chi connectivity index (χ4v) is 4.16. The van der Waals surface area contributed by atoms with E-state index in [1.807, 2.05) is 89.8 Å². The zero-order valence-electron chi connectivity index (χ0n) is 16.7. The quantitative estimate of drug-likeness (QED) is 0.609. The van der Waals surface area contributed by atoms with Gasteiger partial charge in [-0.2, -0.15) is 0 Å². The van der Waals surface area contributed by atoms with Crippen LogP contribution in [0.2, 0.25) is 0 Å². The molecule has 0 aromatic heterocycles. The maximum Gasteiger partial charge on any atom is 0.176 e. The number of rotatable bonds is 5. The maximum absolute atomic E-state index is 11.1. The molecule has 0 spiro atoms. The minimum atomic E-state index is -0.823. The van der Waals surface area contributed by atoms with Crippen molar-refractivity contribution >= 4 is 34.4 Å². The number of nitrogens with zero attached hydrogens (tertiary/aromatic N) is 2. The lowest BCUT2D eigenvalue weighted by molar-refractivity contribution is 0.233. The Balaban J connectivity index is 1.70. The van der Waals surface area contributed by atoms with Crippen LogP contribution in [-0.2, 0) is 0 Å². The molecular weight excluding hydrogens is 396 g/mol. The number of ether oxygens (including phenoxy) is 2. The molecule has 1 N–H and O–H groups in total. The molecule has 1 heterocycles. The molecule has 0 bridgehead atoms. The van der Waals surface area contributed by atoms with Gasteiger partial charge in [0.25, 0.3) is 0 Å². The average molecular weight is 419 g/mol. The first-order chi connectivity index (χ1) is 14.7. The molecule has 3 aromatic carbocycles. The fourth-order valence-electron chi connectivity index (χ4n) is 3.09. The van der Waals surface area contributed by atoms with Gasteiger partial charge in [0.05, 0.1) is 19.9 Å². The normalized spacial score (nSPS) is 18.8. The molecule has 4 rings (SSSR count). The van der Waals surface area contributed by atoms with E-state index in [-0.39, 0.29) is 0 Å². The van der Waals surface area contributed by atoms with E-state index in [4.69, 9.17) is 14.5 Å². The second kappa shape index (κ2) is 9.07. The van der Waals surface area contributed by atoms with Gasteiger partial charge < -0.3 is 14.6 Å². The number of benzene rings is 3. The van der Waals surface area contributed by atoms with Crippen LogP contribution >= 0.6 is 11.8 Å². The van der Waals surface area contributed by atoms with Crippen molar-refractivity contribution in [1.29, 1.82) is 0 Å². The first kappa shape index (κ1) is 20.1. The highest BCUT2D eigenvalue weighted by atomic mass is 32.2. The van der Waals surface area contributed by atoms with Crippen molar-refractivity contribution in [3.8, 4) is 11.5 Å². The van der Waals surface area contributed by atoms with Crippen molar-refractivity contribution in [3.63, 3.8) is 0 Å². The number of para-hydroxylation sites is 1. The summed E-state index contributed by atoms with van der Waals surface area (Å²) in [5.41, 5.74) is 2.65. The van der Waals surface area contributed by atoms with Gasteiger partial charge in [0, 0.05) is 10.6 Å². The number of aliphatic imine (C=N–C) groups is 1. The van der Waals surface area contributed by atoms with Crippen LogP contribution in [0.25, 0.3) is 6.08 Å². The van der Waals surface area contributed by atoms with Crippen LogP contribution in [0.3, 0.4) is 0 Å². The molecule has 3 aromatic rings. The Kier molecular flexibility index (Phi) is 6.07. The van der Waals surface area contributed by atoms with Gasteiger partial charge in [0.1, 0.15) is 11.5 Å². The highest BCUT2D eigenvalue weighted by Gasteiger charge is 2.34. The molecule has 1 atom stereocenters. The summed E-state index contributed by atoms with van der Waals surface area (Å²) >= 11 is 1.46. The molecule has 6 heteroatoms. The van der Waals surface area contributed by atoms with E-state index in [1.54, 1.807) is 14.2 Å². The van der Waals surface area contributed by atoms with Crippen LogP contribution in [0, 0.1) is 0 Å². The number of hydrogen-bond acceptors (Lipinski definition) is 5. The van der Waals surface area contributed by atoms with Crippen LogP contribution < -0.4 is 14.4 Å². The molecule has 0 saturated carbocycles. The third kappa shape index (κ3) is 4.35. The van der Waals surface area contributed by atoms with Crippen molar-refractivity contribution in [1.82, 2.24) is 0 Å². The third-order valence-corrected chi connectivity index (χ3v) is 5.71. The Labute approximate surface area is 180 Å². The maximum atomic E-state index is 11.1. The van der Waals surface area contributed by atoms with E-state index in [0.717, 1.165) is 33.3 Å². The minimum Gasteiger partial charge on any atom is -0.497 e. The first-order valence-electron chi connectivity index (χ1n) is 9.46. The number of hydrogen-bond donors (Lipinski definition) is 1. The number of amidine groups is 1. The summed E-state index contributed by atoms with van der Waals surface area (Å²) in [6.07, 6.45) is 1.15. The highest BCUT2D eigenvalue weighted by Crippen LogP contribution is 2.40. The van der Waals surface area contributed by atoms with E-state index in [0.29, 0.717) is 5.17 Å². The predicted molar refractivity (Wildman–Crippen MR) is 124 cm³/mol. The summed E-state index contributed by atoms with van der Waals surface area (Å²) < 4.78 is 10.4. The monoisotopic (exact) mass is 418 g/mol. The molecule has 0 amide bonds. The molecule has 1 aliphatic heterocycles. The molecule has 1 aliphatic rings. The molecule has 0 aliphatic carbocycles. The Morgan fingerprint density at radius 2 is 1.47 bits per heavy atom. The minimum absolute atomic E-state index is 0.707. The number of thioether (sulfide) groups is 1. The van der Waals surface area contributed by atoms with E-state index in [1.165, 1.54) is 11.8 Å². The van der Waals surface area contributed by atoms with Crippen molar-refractivity contribution in [3.05, 3.63) is 89.3 Å². The van der Waals surface area contributed by atoms with Crippen LogP contribution in [-0.4, -0.2) is 30.7 Å². The SMILES string of the molecule is COc1ccc(/C=C2\SC(=Nc3ccc(OC)cc3)N(c3ccccc3)C2O)cc1. The van der Waals surface area contributed by atoms with Gasteiger partial charge in [-0.15, -0.1) is 0 Å². The molecule has 152 valence electrons. The van der Waals surface area contributed by atoms with Gasteiger partial charge in [0.15, 0.2) is 11.4 Å². The Hall–Kier alpha value is -3.22. The van der Waals surface area contributed by atoms with Crippen molar-refractivity contribution < 1.29 is 14.6 Å². The summed E-state index contributed by atoms with van der Waals surface area (Å²) in [6.45, 7) is 0. The highest BCUT2D eigenvalue weighted by molar-refractivity contribution is 8.18. The number of methoxy groups -OCH3 is 2. The van der Waals surface area contributed by atoms with E-state index in [9.17, 15) is 5.11 Å². The molecular formula is C24H22N2O3S. The van der Waals surface area contributed by atoms with Gasteiger partial charge >= 0.3 is 0 Å². The molecule has 1 unspecified atom stereocenters. The summed E-state index contributed by atoms with van der Waals surface area (Å²) in [5.74, 6) is 1.57. The van der Waals surface area contributed by atoms with Crippen LogP contribution in [0.4, 0.5) is 11.4 Å². The lowest BCUT2D eigenvalue weighted by Gasteiger charge is -2.22. The molecule has 5 nitrogen and oxygen atoms in total. The number of aliphatic hydroxyl groups is 1. The van der Waals surface area contributed by atoms with E-state index >= 15 is 0 Å². The van der Waals surface area contributed by atoms with Crippen molar-refractivity contribution in [2.75, 3.05) is 19.1 Å². The predicted octanol–water partition coefficient (Wildman–Crippen LogP) is 5.30. The molecule has 1 saturated heterocycles. The number of aliphatic hydroxyl groups excluding tert-OH is 1. The zero-order chi connectivity index (χ0) is 20.9. The molecule has 1 fully saturated rings. The summed E-state index contributed by atoms with van der Waals surface area (Å²) in [4.78, 5) is 7.43. The van der Waals surface area contributed by atoms with Gasteiger partial charge in [-0.3, -0.25) is 4.90 Å². The topological polar surface area (TPSA) is 54.3 Å². The van der Waals surface area contributed by atoms with Crippen molar-refractivity contribution in [2.24, 2.45) is 4.99 Å². The Morgan fingerprint density at radius 3 is 2.07 bits per heavy atom. The van der Waals surface area contributed by atoms with E-state index < -0.39 is 6.23 Å². The Morgan fingerprint density at radius 1 is 0.867 bits per heavy atom. The second-order valence-corrected chi connectivity index (χ2v) is 7.63. The standard InChI is InChI=1S/C24H22N2O3S/c1-28-20-12-8-17(9-13-20)16-22-23(27)26(19-6-4-3-5-7-19)24(30-22)25-18-10-14-21(29-2)15-11-18/h3-16,23,27H,1-2H3/b22-16-,25-24?. The number of anilines is 1. The van der Waals surface area contributed by atoms with E-state index in [2.05, 4.69) is 0 Å². The second-order valence-electron chi connectivity index (χ2n) is 6.59. The summed E-state index contributed by atoms with van der Waals surface area (Å²) in [6, 6.07) is 25.0. The lowest BCUT2D eigenvalue weighted by atomic mass is 10.2. The Bertz CT molecular complexity index is 1050. The van der Waals surface area contributed by atoms with Crippen LogP contribution in [0.15, 0.2) is 88.8 Å². The van der Waals surface area contributed by atoms with Crippen LogP contribution in [0.1, 0.15) is 5.56 Å². The van der Waals surface area contributed by atoms with Crippen molar-refractivity contribution in [2.45, 2.75) is 6.23 Å². The first-order valence-corrected chi connectivity index (χ1v) is 10.3. The largest absolute Gasteiger partial charge is 0.497 e. The zero-order valence-corrected chi connectivity index (χ0v) is 17.5.